The maximum Gasteiger partial charge on any atom is 0.175 e. The molecule has 3 rings (SSSR count). The zero-order valence-corrected chi connectivity index (χ0v) is 12.3. The normalized spacial score (nSPS) is 10.8. The molecule has 2 heterocycles. The van der Waals surface area contributed by atoms with Crippen molar-refractivity contribution in [3.05, 3.63) is 47.5 Å². The van der Waals surface area contributed by atoms with Crippen molar-refractivity contribution >= 4 is 23.0 Å². The van der Waals surface area contributed by atoms with E-state index in [0.717, 1.165) is 5.56 Å². The monoisotopic (exact) mass is 301 g/mol. The van der Waals surface area contributed by atoms with Crippen LogP contribution in [-0.4, -0.2) is 27.3 Å². The molecule has 0 fully saturated rings. The summed E-state index contributed by atoms with van der Waals surface area (Å²) < 4.78 is 7.16. The molecular weight excluding hydrogens is 290 g/mol. The number of imidazole rings is 1. The lowest BCUT2D eigenvalue weighted by Crippen LogP contribution is -1.95. The number of Topliss-reactive ketones (excluding diaryl/α,β-unsaturated/α-hetero) is 1. The van der Waals surface area contributed by atoms with E-state index in [4.69, 9.17) is 16.3 Å². The summed E-state index contributed by atoms with van der Waals surface area (Å²) in [5.41, 5.74) is 2.67. The number of nitrogens with zero attached hydrogens (tertiary/aromatic N) is 3. The van der Waals surface area contributed by atoms with E-state index >= 15 is 0 Å². The van der Waals surface area contributed by atoms with Gasteiger partial charge in [-0.1, -0.05) is 17.7 Å². The van der Waals surface area contributed by atoms with Gasteiger partial charge in [0.05, 0.1) is 12.8 Å². The molecule has 3 aromatic rings. The number of ketones is 1. The Balaban J connectivity index is 2.18. The number of rotatable bonds is 3. The van der Waals surface area contributed by atoms with Gasteiger partial charge in [0.2, 0.25) is 0 Å². The Hall–Kier alpha value is -2.40. The molecule has 0 aliphatic carbocycles. The van der Waals surface area contributed by atoms with Crippen molar-refractivity contribution in [2.45, 2.75) is 6.92 Å². The van der Waals surface area contributed by atoms with Gasteiger partial charge in [0.25, 0.3) is 0 Å². The van der Waals surface area contributed by atoms with E-state index < -0.39 is 0 Å². The minimum atomic E-state index is -0.0119. The predicted octanol–water partition coefficient (Wildman–Crippen LogP) is 3.26. The third-order valence-corrected chi connectivity index (χ3v) is 3.48. The molecule has 0 saturated carbocycles. The van der Waals surface area contributed by atoms with E-state index in [-0.39, 0.29) is 5.78 Å². The van der Waals surface area contributed by atoms with Crippen molar-refractivity contribution in [2.24, 2.45) is 0 Å². The fourth-order valence-corrected chi connectivity index (χ4v) is 2.34. The molecule has 0 bridgehead atoms. The van der Waals surface area contributed by atoms with Crippen molar-refractivity contribution in [1.82, 2.24) is 14.4 Å². The van der Waals surface area contributed by atoms with Crippen LogP contribution < -0.4 is 4.74 Å². The molecule has 0 amide bonds. The number of carbonyl (C=O) groups is 1. The summed E-state index contributed by atoms with van der Waals surface area (Å²) in [5, 5.41) is 0.336. The maximum absolute atomic E-state index is 11.4. The molecule has 0 radical (unpaired) electrons. The van der Waals surface area contributed by atoms with Gasteiger partial charge in [0, 0.05) is 29.7 Å². The smallest absolute Gasteiger partial charge is 0.175 e. The second-order valence-corrected chi connectivity index (χ2v) is 4.90. The summed E-state index contributed by atoms with van der Waals surface area (Å²) in [7, 11) is 1.56. The van der Waals surface area contributed by atoms with Crippen LogP contribution in [0, 0.1) is 0 Å². The first kappa shape index (κ1) is 13.6. The van der Waals surface area contributed by atoms with Crippen molar-refractivity contribution < 1.29 is 9.53 Å². The van der Waals surface area contributed by atoms with Gasteiger partial charge < -0.3 is 9.14 Å². The Kier molecular flexibility index (Phi) is 3.35. The van der Waals surface area contributed by atoms with E-state index in [1.807, 2.05) is 12.3 Å². The summed E-state index contributed by atoms with van der Waals surface area (Å²) in [6.07, 6.45) is 5.22. The predicted molar refractivity (Wildman–Crippen MR) is 80.0 cm³/mol. The second kappa shape index (κ2) is 5.18. The Bertz CT molecular complexity index is 842. The Morgan fingerprint density at radius 1 is 1.38 bits per heavy atom. The van der Waals surface area contributed by atoms with Gasteiger partial charge in [-0.2, -0.15) is 0 Å². The van der Waals surface area contributed by atoms with E-state index in [2.05, 4.69) is 9.97 Å². The van der Waals surface area contributed by atoms with Crippen LogP contribution in [0.5, 0.6) is 5.75 Å². The number of halogens is 1. The summed E-state index contributed by atoms with van der Waals surface area (Å²) in [5.74, 6) is 0.581. The molecule has 106 valence electrons. The van der Waals surface area contributed by atoms with Crippen molar-refractivity contribution in [1.29, 1.82) is 0 Å². The summed E-state index contributed by atoms with van der Waals surface area (Å²) >= 11 is 6.03. The SMILES string of the molecule is COc1cc(C(C)=O)ccc1-c1cn2ccnc(Cl)c2n1. The standard InChI is InChI=1S/C15H12ClN3O2/c1-9(20)10-3-4-11(13(7-10)21-2)12-8-19-6-5-17-14(16)15(19)18-12/h3-8H,1-2H3. The molecule has 0 saturated heterocycles. The van der Waals surface area contributed by atoms with Crippen LogP contribution in [0.1, 0.15) is 17.3 Å². The van der Waals surface area contributed by atoms with Crippen molar-refractivity contribution in [3.63, 3.8) is 0 Å². The molecule has 5 nitrogen and oxygen atoms in total. The second-order valence-electron chi connectivity index (χ2n) is 4.55. The average Bonchev–Trinajstić information content (AvgIpc) is 2.91. The third-order valence-electron chi connectivity index (χ3n) is 3.22. The molecule has 1 aromatic carbocycles. The largest absolute Gasteiger partial charge is 0.496 e. The van der Waals surface area contributed by atoms with Gasteiger partial charge in [-0.3, -0.25) is 4.79 Å². The highest BCUT2D eigenvalue weighted by atomic mass is 35.5. The van der Waals surface area contributed by atoms with Gasteiger partial charge in [-0.05, 0) is 19.1 Å². The molecule has 0 aliphatic heterocycles. The molecule has 0 unspecified atom stereocenters. The van der Waals surface area contributed by atoms with E-state index in [1.54, 1.807) is 36.0 Å². The Morgan fingerprint density at radius 2 is 2.19 bits per heavy atom. The van der Waals surface area contributed by atoms with Crippen LogP contribution in [0.3, 0.4) is 0 Å². The topological polar surface area (TPSA) is 56.5 Å². The van der Waals surface area contributed by atoms with Crippen LogP contribution in [0.4, 0.5) is 0 Å². The van der Waals surface area contributed by atoms with E-state index in [0.29, 0.717) is 27.8 Å². The van der Waals surface area contributed by atoms with Gasteiger partial charge in [0.15, 0.2) is 16.6 Å². The quantitative estimate of drug-likeness (QED) is 0.697. The molecule has 0 aliphatic rings. The number of fused-ring (bicyclic) bond motifs is 1. The summed E-state index contributed by atoms with van der Waals surface area (Å²) in [4.78, 5) is 19.9. The number of carbonyl (C=O) groups excluding carboxylic acids is 1. The first-order valence-electron chi connectivity index (χ1n) is 6.28. The fraction of sp³-hybridized carbons (Fsp3) is 0.133. The highest BCUT2D eigenvalue weighted by Crippen LogP contribution is 2.31. The minimum Gasteiger partial charge on any atom is -0.496 e. The molecule has 21 heavy (non-hydrogen) atoms. The van der Waals surface area contributed by atoms with Crippen molar-refractivity contribution in [3.8, 4) is 17.0 Å². The fourth-order valence-electron chi connectivity index (χ4n) is 2.14. The number of aromatic nitrogens is 3. The lowest BCUT2D eigenvalue weighted by atomic mass is 10.1. The minimum absolute atomic E-state index is 0.0119. The Morgan fingerprint density at radius 3 is 2.86 bits per heavy atom. The average molecular weight is 302 g/mol. The number of hydrogen-bond acceptors (Lipinski definition) is 4. The van der Waals surface area contributed by atoms with Gasteiger partial charge in [0.1, 0.15) is 5.75 Å². The summed E-state index contributed by atoms with van der Waals surface area (Å²) in [6, 6.07) is 5.28. The van der Waals surface area contributed by atoms with E-state index in [1.165, 1.54) is 6.92 Å². The summed E-state index contributed by atoms with van der Waals surface area (Å²) in [6.45, 7) is 1.52. The number of methoxy groups -OCH3 is 1. The zero-order valence-electron chi connectivity index (χ0n) is 11.5. The first-order valence-corrected chi connectivity index (χ1v) is 6.66. The van der Waals surface area contributed by atoms with E-state index in [9.17, 15) is 4.79 Å². The maximum atomic E-state index is 11.4. The van der Waals surface area contributed by atoms with Crippen LogP contribution >= 0.6 is 11.6 Å². The van der Waals surface area contributed by atoms with Crippen LogP contribution in [0.15, 0.2) is 36.8 Å². The third kappa shape index (κ3) is 2.36. The van der Waals surface area contributed by atoms with Crippen LogP contribution in [0.2, 0.25) is 5.15 Å². The highest BCUT2D eigenvalue weighted by Gasteiger charge is 2.13. The molecule has 0 N–H and O–H groups in total. The number of ether oxygens (including phenoxy) is 1. The lowest BCUT2D eigenvalue weighted by Gasteiger charge is -2.07. The molecule has 0 spiro atoms. The number of hydrogen-bond donors (Lipinski definition) is 0. The van der Waals surface area contributed by atoms with Gasteiger partial charge in [-0.25, -0.2) is 9.97 Å². The van der Waals surface area contributed by atoms with Gasteiger partial charge in [-0.15, -0.1) is 0 Å². The molecule has 2 aromatic heterocycles. The number of benzene rings is 1. The van der Waals surface area contributed by atoms with Crippen molar-refractivity contribution in [2.75, 3.05) is 7.11 Å². The molecule has 6 heteroatoms. The molecule has 0 atom stereocenters. The lowest BCUT2D eigenvalue weighted by molar-refractivity contribution is 0.101. The van der Waals surface area contributed by atoms with Crippen LogP contribution in [-0.2, 0) is 0 Å². The van der Waals surface area contributed by atoms with Gasteiger partial charge >= 0.3 is 0 Å². The highest BCUT2D eigenvalue weighted by molar-refractivity contribution is 6.32. The van der Waals surface area contributed by atoms with Crippen LogP contribution in [0.25, 0.3) is 16.9 Å². The Labute approximate surface area is 126 Å². The zero-order chi connectivity index (χ0) is 15.0. The first-order chi connectivity index (χ1) is 10.1. The molecular formula is C15H12ClN3O2.